The molecular weight excluding hydrogens is 206 g/mol. The second kappa shape index (κ2) is 4.75. The summed E-state index contributed by atoms with van der Waals surface area (Å²) in [6.07, 6.45) is 5.06. The molecule has 0 saturated heterocycles. The zero-order valence-corrected chi connectivity index (χ0v) is 9.12. The fourth-order valence-electron chi connectivity index (χ4n) is 1.42. The molecule has 0 amide bonds. The van der Waals surface area contributed by atoms with E-state index in [1.165, 1.54) is 0 Å². The van der Waals surface area contributed by atoms with Gasteiger partial charge in [0.25, 0.3) is 0 Å². The Morgan fingerprint density at radius 2 is 2.12 bits per heavy atom. The Hall–Kier alpha value is -1.89. The third-order valence-corrected chi connectivity index (χ3v) is 2.28. The fourth-order valence-corrected chi connectivity index (χ4v) is 1.42. The number of nitrogens with zero attached hydrogens (tertiary/aromatic N) is 5. The standard InChI is InChI=1S/C9H13N7/c1-6(8-5-10-3-4-11-8)12-7(2)9-13-15-16-14-9/h3-7,12H,1-2H3,(H,13,14,15,16). The van der Waals surface area contributed by atoms with Crippen molar-refractivity contribution in [2.75, 3.05) is 0 Å². The molecule has 7 heteroatoms. The largest absolute Gasteiger partial charge is 0.299 e. The molecule has 2 rings (SSSR count). The lowest BCUT2D eigenvalue weighted by Crippen LogP contribution is -2.24. The number of rotatable bonds is 4. The lowest BCUT2D eigenvalue weighted by Gasteiger charge is -2.16. The van der Waals surface area contributed by atoms with Gasteiger partial charge in [-0.2, -0.15) is 5.21 Å². The van der Waals surface area contributed by atoms with Crippen LogP contribution in [0.2, 0.25) is 0 Å². The molecule has 2 unspecified atom stereocenters. The van der Waals surface area contributed by atoms with Crippen LogP contribution >= 0.6 is 0 Å². The summed E-state index contributed by atoms with van der Waals surface area (Å²) in [5, 5.41) is 17.1. The number of nitrogens with one attached hydrogen (secondary N) is 2. The third kappa shape index (κ3) is 2.37. The van der Waals surface area contributed by atoms with Crippen LogP contribution in [0.5, 0.6) is 0 Å². The molecule has 0 aliphatic carbocycles. The predicted octanol–water partition coefficient (Wildman–Crippen LogP) is 0.401. The number of aromatic amines is 1. The summed E-state index contributed by atoms with van der Waals surface area (Å²) >= 11 is 0. The highest BCUT2D eigenvalue weighted by Crippen LogP contribution is 2.13. The van der Waals surface area contributed by atoms with E-state index >= 15 is 0 Å². The molecule has 2 heterocycles. The van der Waals surface area contributed by atoms with Gasteiger partial charge in [0.1, 0.15) is 0 Å². The summed E-state index contributed by atoms with van der Waals surface area (Å²) in [6.45, 7) is 3.98. The van der Waals surface area contributed by atoms with Gasteiger partial charge in [0.05, 0.1) is 11.7 Å². The van der Waals surface area contributed by atoms with Crippen LogP contribution in [0.25, 0.3) is 0 Å². The van der Waals surface area contributed by atoms with E-state index < -0.39 is 0 Å². The van der Waals surface area contributed by atoms with E-state index in [1.54, 1.807) is 18.6 Å². The molecule has 7 nitrogen and oxygen atoms in total. The normalized spacial score (nSPS) is 14.6. The molecule has 0 bridgehead atoms. The summed E-state index contributed by atoms with van der Waals surface area (Å²) in [6, 6.07) is 0.0953. The summed E-state index contributed by atoms with van der Waals surface area (Å²) in [5.41, 5.74) is 0.887. The number of aromatic nitrogens is 6. The lowest BCUT2D eigenvalue weighted by molar-refractivity contribution is 0.468. The average Bonchev–Trinajstić information content (AvgIpc) is 2.83. The Morgan fingerprint density at radius 3 is 2.75 bits per heavy atom. The zero-order valence-electron chi connectivity index (χ0n) is 9.12. The summed E-state index contributed by atoms with van der Waals surface area (Å²) in [4.78, 5) is 8.25. The molecule has 16 heavy (non-hydrogen) atoms. The highest BCUT2D eigenvalue weighted by atomic mass is 15.5. The first-order chi connectivity index (χ1) is 7.77. The number of H-pyrrole nitrogens is 1. The van der Waals surface area contributed by atoms with Crippen molar-refractivity contribution in [1.29, 1.82) is 0 Å². The van der Waals surface area contributed by atoms with Crippen molar-refractivity contribution < 1.29 is 0 Å². The SMILES string of the molecule is CC(NC(C)c1nn[nH]n1)c1cnccn1. The van der Waals surface area contributed by atoms with Crippen molar-refractivity contribution in [3.05, 3.63) is 30.1 Å². The van der Waals surface area contributed by atoms with Crippen LogP contribution in [0.15, 0.2) is 18.6 Å². The van der Waals surface area contributed by atoms with Crippen LogP contribution in [0.1, 0.15) is 37.4 Å². The van der Waals surface area contributed by atoms with Crippen LogP contribution in [0.3, 0.4) is 0 Å². The second-order valence-corrected chi connectivity index (χ2v) is 3.51. The smallest absolute Gasteiger partial charge is 0.191 e. The minimum absolute atomic E-state index is 0.00996. The maximum atomic E-state index is 4.22. The fraction of sp³-hybridized carbons (Fsp3) is 0.444. The second-order valence-electron chi connectivity index (χ2n) is 3.51. The van der Waals surface area contributed by atoms with Crippen LogP contribution in [0.4, 0.5) is 0 Å². The average molecular weight is 219 g/mol. The highest BCUT2D eigenvalue weighted by molar-refractivity contribution is 5.02. The van der Waals surface area contributed by atoms with E-state index in [0.717, 1.165) is 5.69 Å². The first-order valence-corrected chi connectivity index (χ1v) is 5.02. The maximum Gasteiger partial charge on any atom is 0.191 e. The number of hydrogen-bond acceptors (Lipinski definition) is 6. The van der Waals surface area contributed by atoms with E-state index in [1.807, 2.05) is 13.8 Å². The summed E-state index contributed by atoms with van der Waals surface area (Å²) < 4.78 is 0. The van der Waals surface area contributed by atoms with Gasteiger partial charge < -0.3 is 0 Å². The summed E-state index contributed by atoms with van der Waals surface area (Å²) in [5.74, 6) is 0.635. The highest BCUT2D eigenvalue weighted by Gasteiger charge is 2.14. The van der Waals surface area contributed by atoms with Crippen molar-refractivity contribution in [1.82, 2.24) is 35.9 Å². The van der Waals surface area contributed by atoms with Crippen molar-refractivity contribution in [2.24, 2.45) is 0 Å². The Kier molecular flexibility index (Phi) is 3.16. The molecule has 0 aliphatic rings. The molecule has 0 aromatic carbocycles. The lowest BCUT2D eigenvalue weighted by atomic mass is 10.2. The molecule has 2 aromatic rings. The van der Waals surface area contributed by atoms with Gasteiger partial charge in [-0.3, -0.25) is 15.3 Å². The molecule has 0 aliphatic heterocycles. The van der Waals surface area contributed by atoms with Gasteiger partial charge in [0.2, 0.25) is 0 Å². The van der Waals surface area contributed by atoms with Crippen LogP contribution < -0.4 is 5.32 Å². The number of hydrogen-bond donors (Lipinski definition) is 2. The monoisotopic (exact) mass is 219 g/mol. The molecule has 2 atom stereocenters. The van der Waals surface area contributed by atoms with Gasteiger partial charge in [0.15, 0.2) is 5.82 Å². The quantitative estimate of drug-likeness (QED) is 0.773. The molecule has 2 aromatic heterocycles. The van der Waals surface area contributed by atoms with Gasteiger partial charge in [-0.1, -0.05) is 5.21 Å². The Labute approximate surface area is 92.7 Å². The molecule has 2 N–H and O–H groups in total. The first kappa shape index (κ1) is 10.6. The minimum Gasteiger partial charge on any atom is -0.299 e. The van der Waals surface area contributed by atoms with Crippen molar-refractivity contribution in [3.63, 3.8) is 0 Å². The Bertz CT molecular complexity index is 413. The van der Waals surface area contributed by atoms with Crippen molar-refractivity contribution in [3.8, 4) is 0 Å². The third-order valence-electron chi connectivity index (χ3n) is 2.28. The van der Waals surface area contributed by atoms with Gasteiger partial charge in [-0.05, 0) is 13.8 Å². The topological polar surface area (TPSA) is 92.3 Å². The molecule has 0 saturated carbocycles. The van der Waals surface area contributed by atoms with Crippen LogP contribution in [-0.2, 0) is 0 Å². The van der Waals surface area contributed by atoms with E-state index in [2.05, 4.69) is 35.9 Å². The number of tetrazole rings is 1. The molecule has 0 fully saturated rings. The Morgan fingerprint density at radius 1 is 1.25 bits per heavy atom. The molecular formula is C9H13N7. The van der Waals surface area contributed by atoms with Crippen molar-refractivity contribution in [2.45, 2.75) is 25.9 Å². The minimum atomic E-state index is 0.00996. The summed E-state index contributed by atoms with van der Waals surface area (Å²) in [7, 11) is 0. The Balaban J connectivity index is 2.00. The maximum absolute atomic E-state index is 4.22. The zero-order chi connectivity index (χ0) is 11.4. The van der Waals surface area contributed by atoms with E-state index in [4.69, 9.17) is 0 Å². The van der Waals surface area contributed by atoms with Gasteiger partial charge in [-0.25, -0.2) is 0 Å². The molecule has 84 valence electrons. The van der Waals surface area contributed by atoms with Crippen LogP contribution in [0, 0.1) is 0 Å². The van der Waals surface area contributed by atoms with Gasteiger partial charge >= 0.3 is 0 Å². The molecule has 0 radical (unpaired) electrons. The van der Waals surface area contributed by atoms with Crippen molar-refractivity contribution >= 4 is 0 Å². The predicted molar refractivity (Wildman–Crippen MR) is 56.2 cm³/mol. The van der Waals surface area contributed by atoms with E-state index in [9.17, 15) is 0 Å². The van der Waals surface area contributed by atoms with E-state index in [0.29, 0.717) is 5.82 Å². The molecule has 0 spiro atoms. The van der Waals surface area contributed by atoms with Gasteiger partial charge in [0, 0.05) is 24.6 Å². The van der Waals surface area contributed by atoms with Crippen LogP contribution in [-0.4, -0.2) is 30.6 Å². The van der Waals surface area contributed by atoms with Gasteiger partial charge in [-0.15, -0.1) is 10.2 Å². The van der Waals surface area contributed by atoms with E-state index in [-0.39, 0.29) is 12.1 Å². The first-order valence-electron chi connectivity index (χ1n) is 5.02.